The summed E-state index contributed by atoms with van der Waals surface area (Å²) in [6, 6.07) is 1.47. The van der Waals surface area contributed by atoms with Crippen LogP contribution in [0.4, 0.5) is 30.5 Å². The van der Waals surface area contributed by atoms with Gasteiger partial charge in [-0.3, -0.25) is 32.2 Å². The number of nitrogens with zero attached hydrogens (tertiary/aromatic N) is 14. The Kier molecular flexibility index (Phi) is 19.5. The number of ether oxygens (including phenoxy) is 5. The largest absolute Gasteiger partial charge is 1.00 e. The number of imidazole rings is 4. The summed E-state index contributed by atoms with van der Waals surface area (Å²) in [6.07, 6.45) is -18.7. The first-order valence-corrected chi connectivity index (χ1v) is 32.1. The van der Waals surface area contributed by atoms with Crippen LogP contribution in [0.5, 0.6) is 0 Å². The molecule has 9 N–H and O–H groups in total. The number of rotatable bonds is 5. The van der Waals surface area contributed by atoms with Crippen LogP contribution >= 0.6 is 15.6 Å². The number of aromatic nitrogens is 15. The van der Waals surface area contributed by atoms with Crippen LogP contribution in [-0.4, -0.2) is 197 Å². The van der Waals surface area contributed by atoms with E-state index in [0.29, 0.717) is 0 Å². The van der Waals surface area contributed by atoms with E-state index in [1.807, 2.05) is 4.72 Å². The molecular weight excluding hydrogens is 1350 g/mol. The van der Waals surface area contributed by atoms with E-state index in [-0.39, 0.29) is 127 Å². The van der Waals surface area contributed by atoms with Gasteiger partial charge in [-0.15, -0.1) is 0 Å². The Morgan fingerprint density at radius 2 is 1.01 bits per heavy atom. The first-order valence-electron chi connectivity index (χ1n) is 26.3. The summed E-state index contributed by atoms with van der Waals surface area (Å²) in [6.45, 7) is -1.69. The summed E-state index contributed by atoms with van der Waals surface area (Å²) in [7, 11) is -18.9. The summed E-state index contributed by atoms with van der Waals surface area (Å²) in [4.78, 5) is 81.1. The zero-order valence-corrected chi connectivity index (χ0v) is 55.1. The van der Waals surface area contributed by atoms with Crippen LogP contribution in [0.25, 0.3) is 44.7 Å². The van der Waals surface area contributed by atoms with Gasteiger partial charge >= 0.3 is 79.7 Å². The second kappa shape index (κ2) is 26.2. The fourth-order valence-corrected chi connectivity index (χ4v) is 14.7. The number of hydrogen-bond donors (Lipinski definition) is 6. The summed E-state index contributed by atoms with van der Waals surface area (Å²) in [5.41, 5.74) is 18.0. The summed E-state index contributed by atoms with van der Waals surface area (Å²) < 4.78 is 194. The van der Waals surface area contributed by atoms with Gasteiger partial charge in [-0.1, -0.05) is 0 Å². The number of methoxy groups -OCH3 is 1. The van der Waals surface area contributed by atoms with Gasteiger partial charge in [-0.25, -0.2) is 71.4 Å². The SMILES string of the molecule is CO[C@@H]1[C@@H]2OS(=O)(=O)NC[C@H]3O[C@@H](n4cnc5c(N)ncnc54)[C@H](F)[C@@H]3OP(=O)([O-])OC[C@H]2O[C@H]1n1cnc2c(=O)[nH]c(C)nc21.Nc1ccnc2c1ncn2[C@@H]1O[C@@H]2COP(=O)([O-])O[C@H]3[C@@H](F)[C@H](n4cnc5c(N)ncnc54)O[C@@H]3CNS(=O)(=O)O[C@H]2[C@H]1F.[Na+].[Na+]. The molecule has 8 aromatic heterocycles. The Morgan fingerprint density at radius 3 is 1.52 bits per heavy atom. The van der Waals surface area contributed by atoms with Gasteiger partial charge in [0.25, 0.3) is 21.2 Å². The fraction of sp³-hybridized carbons (Fsp3) is 0.512. The third-order valence-electron chi connectivity index (χ3n) is 15.0. The maximum atomic E-state index is 15.9. The summed E-state index contributed by atoms with van der Waals surface area (Å²) in [5.74, 6) is 0.260. The molecule has 0 aromatic carbocycles. The Labute approximate surface area is 557 Å². The van der Waals surface area contributed by atoms with Gasteiger partial charge in [0.15, 0.2) is 83.2 Å². The molecule has 49 heteroatoms. The van der Waals surface area contributed by atoms with Crippen molar-refractivity contribution in [2.45, 2.75) is 105 Å². The van der Waals surface area contributed by atoms with E-state index in [9.17, 15) is 40.5 Å². The predicted molar refractivity (Wildman–Crippen MR) is 286 cm³/mol. The number of phosphoric acid groups is 2. The molecule has 40 nitrogen and oxygen atoms in total. The molecule has 8 aromatic rings. The average molecular weight is 1390 g/mol. The number of nitrogen functional groups attached to an aromatic ring is 3. The Morgan fingerprint density at radius 1 is 0.587 bits per heavy atom. The zero-order chi connectivity index (χ0) is 63.5. The number of nitrogens with two attached hydrogens (primary N) is 3. The first kappa shape index (κ1) is 68.4. The van der Waals surface area contributed by atoms with E-state index in [2.05, 4.69) is 59.5 Å². The second-order valence-corrected chi connectivity index (χ2v) is 26.0. The minimum absolute atomic E-state index is 0. The van der Waals surface area contributed by atoms with Gasteiger partial charge in [0.05, 0.1) is 44.2 Å². The van der Waals surface area contributed by atoms with E-state index in [1.165, 1.54) is 36.6 Å². The van der Waals surface area contributed by atoms with Crippen molar-refractivity contribution in [1.82, 2.24) is 82.5 Å². The predicted octanol–water partition coefficient (Wildman–Crippen LogP) is -8.88. The van der Waals surface area contributed by atoms with Crippen molar-refractivity contribution in [2.75, 3.05) is 50.6 Å². The molecule has 0 saturated carbocycles. The van der Waals surface area contributed by atoms with Gasteiger partial charge in [0, 0.05) is 26.4 Å². The molecule has 14 heterocycles. The maximum Gasteiger partial charge on any atom is 1.00 e. The number of alkyl halides is 3. The summed E-state index contributed by atoms with van der Waals surface area (Å²) >= 11 is 0. The summed E-state index contributed by atoms with van der Waals surface area (Å²) in [5, 5.41) is 0. The quantitative estimate of drug-likeness (QED) is 0.0688. The molecule has 6 aliphatic rings. The molecule has 0 spiro atoms. The number of aromatic amines is 1. The molecule has 0 amide bonds. The monoisotopic (exact) mass is 1390 g/mol. The van der Waals surface area contributed by atoms with Crippen molar-refractivity contribution < 1.29 is 158 Å². The first-order chi connectivity index (χ1) is 42.8. The molecule has 14 rings (SSSR count). The number of fused-ring (bicyclic) bond motifs is 8. The fourth-order valence-electron chi connectivity index (χ4n) is 10.9. The van der Waals surface area contributed by atoms with Crippen LogP contribution in [0.1, 0.15) is 30.7 Å². The van der Waals surface area contributed by atoms with Gasteiger partial charge in [0.2, 0.25) is 0 Å². The number of pyridine rings is 1. The van der Waals surface area contributed by atoms with E-state index in [4.69, 9.17) is 67.3 Å². The van der Waals surface area contributed by atoms with Crippen molar-refractivity contribution in [1.29, 1.82) is 0 Å². The zero-order valence-electron chi connectivity index (χ0n) is 47.7. The van der Waals surface area contributed by atoms with Gasteiger partial charge in [-0.05, 0) is 13.0 Å². The Balaban J connectivity index is 0.000000185. The smallest absolute Gasteiger partial charge is 0.756 e. The van der Waals surface area contributed by atoms with Crippen molar-refractivity contribution >= 4 is 98.2 Å². The standard InChI is InChI=1S/C22H26FN10O11PS.C21H23F2N10O9PS.2Na/c1-8-30-19-13(20(34)31-8)28-7-33(19)22-16(39-2)15-10(42-22)4-40-45(35,36)43-14-9(3-29-46(37,38)44-15)41-21(11(14)23)32-6-27-12-17(24)25-5-26-18(12)32;22-11-15-9(39-20(11)33-7-30-14-17(25)27-5-28-19(14)33)3-31-44(36,37)42-16-10(4-38-43(34,35)41-15)40-21(12(16)23)32-6-29-13-8(24)1-2-26-18(13)32;;/h5-7,9-11,14-16,21-22,29H,3-4H2,1-2H3,(H,35,36)(H2,24,25,26)(H,30,31,34);1-2,5-7,9-12,15-16,20-21,31H,3-4H2,(H2,24,26)(H,34,35)(H2,25,27,28);;/q;;2*+1/p-2/t9-,10-,11-,14-,15-,16-,21-,22-;9-,10-,11-,12-,15-,16-,20-,21-;;/m11../s1. The second-order valence-electron chi connectivity index (χ2n) is 20.5. The number of anilines is 3. The number of halogens is 3. The molecule has 6 aliphatic heterocycles. The third-order valence-corrected chi connectivity index (χ3v) is 18.9. The van der Waals surface area contributed by atoms with Gasteiger partial charge in [-0.2, -0.15) is 26.3 Å². The van der Waals surface area contributed by atoms with E-state index < -0.39 is 166 Å². The minimum Gasteiger partial charge on any atom is -0.756 e. The van der Waals surface area contributed by atoms with Crippen LogP contribution in [0.2, 0.25) is 0 Å². The number of phosphoric ester groups is 2. The van der Waals surface area contributed by atoms with Crippen molar-refractivity contribution in [3.8, 4) is 0 Å². The van der Waals surface area contributed by atoms with Crippen molar-refractivity contribution in [3.63, 3.8) is 0 Å². The van der Waals surface area contributed by atoms with Gasteiger partial charge < -0.3 is 73.8 Å². The maximum absolute atomic E-state index is 15.9. The molecule has 0 aliphatic carbocycles. The molecule has 6 fully saturated rings. The normalized spacial score (nSPS) is 34.8. The Bertz CT molecular complexity index is 4490. The number of aryl methyl sites for hydroxylation is 1. The van der Waals surface area contributed by atoms with Crippen LogP contribution in [0.3, 0.4) is 0 Å². The van der Waals surface area contributed by atoms with Crippen LogP contribution < -0.4 is 101 Å². The van der Waals surface area contributed by atoms with Crippen LogP contribution in [0, 0.1) is 6.92 Å². The average Bonchev–Trinajstić information content (AvgIpc) is 1.64. The Hall–Kier alpha value is -4.98. The topological polar surface area (TPSA) is 534 Å². The molecule has 92 heavy (non-hydrogen) atoms. The number of H-pyrrole nitrogens is 1. The molecule has 484 valence electrons. The van der Waals surface area contributed by atoms with Crippen LogP contribution in [0.15, 0.2) is 55.0 Å². The van der Waals surface area contributed by atoms with E-state index in [0.717, 1.165) is 39.0 Å². The molecular formula is C43H47F3N20Na2O20P2S2. The molecule has 6 saturated heterocycles. The van der Waals surface area contributed by atoms with Crippen molar-refractivity contribution in [3.05, 3.63) is 66.4 Å². The molecule has 0 radical (unpaired) electrons. The van der Waals surface area contributed by atoms with Crippen molar-refractivity contribution in [2.24, 2.45) is 0 Å². The molecule has 0 bridgehead atoms. The molecule has 18 atom stereocenters. The number of hydrogen-bond acceptors (Lipinski definition) is 33. The third kappa shape index (κ3) is 13.0. The minimum atomic E-state index is -5.36. The molecule has 2 unspecified atom stereocenters. The van der Waals surface area contributed by atoms with E-state index in [1.54, 1.807) is 6.92 Å². The number of nitrogens with one attached hydrogen (secondary N) is 3. The van der Waals surface area contributed by atoms with Crippen LogP contribution in [-0.2, 0) is 79.9 Å². The van der Waals surface area contributed by atoms with Gasteiger partial charge in [0.1, 0.15) is 90.0 Å². The van der Waals surface area contributed by atoms with E-state index >= 15 is 13.2 Å².